The highest BCUT2D eigenvalue weighted by molar-refractivity contribution is 5.92. The summed E-state index contributed by atoms with van der Waals surface area (Å²) in [7, 11) is 0. The van der Waals surface area contributed by atoms with Gasteiger partial charge in [0.25, 0.3) is 23.5 Å². The lowest BCUT2D eigenvalue weighted by Crippen LogP contribution is -2.33. The van der Waals surface area contributed by atoms with Gasteiger partial charge in [-0.15, -0.1) is 20.4 Å². The first-order valence-corrected chi connectivity index (χ1v) is 9.63. The van der Waals surface area contributed by atoms with Crippen LogP contribution < -0.4 is 10.6 Å². The molecule has 0 aliphatic carbocycles. The molecular weight excluding hydrogens is 384 g/mol. The van der Waals surface area contributed by atoms with E-state index < -0.39 is 11.8 Å². The molecule has 0 aromatic carbocycles. The molecule has 30 heavy (non-hydrogen) atoms. The second-order valence-electron chi connectivity index (χ2n) is 6.43. The van der Waals surface area contributed by atoms with Crippen LogP contribution in [0.4, 0.5) is 0 Å². The summed E-state index contributed by atoms with van der Waals surface area (Å²) < 4.78 is 0. The average Bonchev–Trinajstić information content (AvgIpc) is 2.81. The van der Waals surface area contributed by atoms with Crippen molar-refractivity contribution in [3.8, 4) is 0 Å². The predicted octanol–water partition coefficient (Wildman–Crippen LogP) is 1.82. The van der Waals surface area contributed by atoms with Crippen molar-refractivity contribution in [1.82, 2.24) is 41.0 Å². The average molecular weight is 406 g/mol. The molecule has 3 aromatic rings. The first-order valence-electron chi connectivity index (χ1n) is 9.63. The largest absolute Gasteiger partial charge is 0.341 e. The van der Waals surface area contributed by atoms with Gasteiger partial charge in [-0.25, -0.2) is 0 Å². The number of amides is 2. The fraction of sp³-hybridized carbons (Fsp3) is 0.300. The minimum Gasteiger partial charge on any atom is -0.341 e. The van der Waals surface area contributed by atoms with Crippen molar-refractivity contribution in [1.29, 1.82) is 0 Å². The molecule has 3 heterocycles. The quantitative estimate of drug-likeness (QED) is 0.578. The molecule has 2 amide bonds. The molecule has 10 heteroatoms. The standard InChI is InChI=1S/C20H22N8O2/c1-3-13(15-9-5-7-11-21-15)23-19(29)17-25-27-18(28-26-17)20(30)24-14(4-2)16-10-6-8-12-22-16/h5-14H,3-4H2,1-2H3,(H,23,29)(H,24,30). The van der Waals surface area contributed by atoms with E-state index in [1.165, 1.54) is 0 Å². The van der Waals surface area contributed by atoms with Gasteiger partial charge in [0.1, 0.15) is 0 Å². The minimum absolute atomic E-state index is 0.224. The number of nitrogens with one attached hydrogen (secondary N) is 2. The maximum Gasteiger partial charge on any atom is 0.293 e. The Kier molecular flexibility index (Phi) is 7.04. The maximum atomic E-state index is 12.4. The van der Waals surface area contributed by atoms with Gasteiger partial charge in [0, 0.05) is 12.4 Å². The SMILES string of the molecule is CCC(NC(=O)c1nnc(C(=O)NC(CC)c2ccccn2)nn1)c1ccccn1. The number of carbonyl (C=O) groups is 2. The molecule has 0 bridgehead atoms. The first-order chi connectivity index (χ1) is 14.6. The zero-order chi connectivity index (χ0) is 21.3. The molecule has 10 nitrogen and oxygen atoms in total. The van der Waals surface area contributed by atoms with Crippen LogP contribution in [0.15, 0.2) is 48.8 Å². The minimum atomic E-state index is -0.542. The molecule has 0 saturated heterocycles. The van der Waals surface area contributed by atoms with Gasteiger partial charge in [-0.3, -0.25) is 19.6 Å². The summed E-state index contributed by atoms with van der Waals surface area (Å²) in [4.78, 5) is 33.3. The van der Waals surface area contributed by atoms with Crippen molar-refractivity contribution in [3.63, 3.8) is 0 Å². The fourth-order valence-corrected chi connectivity index (χ4v) is 2.79. The molecule has 0 aliphatic rings. The van der Waals surface area contributed by atoms with E-state index >= 15 is 0 Å². The van der Waals surface area contributed by atoms with Gasteiger partial charge in [-0.05, 0) is 37.1 Å². The Morgan fingerprint density at radius 1 is 0.733 bits per heavy atom. The van der Waals surface area contributed by atoms with Gasteiger partial charge in [-0.2, -0.15) is 0 Å². The van der Waals surface area contributed by atoms with Crippen LogP contribution in [0, 0.1) is 0 Å². The van der Waals surface area contributed by atoms with E-state index in [0.29, 0.717) is 12.8 Å². The smallest absolute Gasteiger partial charge is 0.293 e. The van der Waals surface area contributed by atoms with Crippen molar-refractivity contribution >= 4 is 11.8 Å². The Morgan fingerprint density at radius 3 is 1.43 bits per heavy atom. The van der Waals surface area contributed by atoms with E-state index in [1.807, 2.05) is 38.1 Å². The number of rotatable bonds is 8. The lowest BCUT2D eigenvalue weighted by Gasteiger charge is -2.16. The van der Waals surface area contributed by atoms with Crippen LogP contribution in [0.5, 0.6) is 0 Å². The van der Waals surface area contributed by atoms with Gasteiger partial charge in [-0.1, -0.05) is 26.0 Å². The van der Waals surface area contributed by atoms with Gasteiger partial charge >= 0.3 is 0 Å². The highest BCUT2D eigenvalue weighted by atomic mass is 16.2. The Balaban J connectivity index is 1.65. The molecule has 0 spiro atoms. The molecule has 0 fully saturated rings. The third kappa shape index (κ3) is 5.16. The van der Waals surface area contributed by atoms with Crippen molar-refractivity contribution in [2.24, 2.45) is 0 Å². The zero-order valence-electron chi connectivity index (χ0n) is 16.7. The molecule has 0 radical (unpaired) electrons. The third-order valence-electron chi connectivity index (χ3n) is 4.40. The summed E-state index contributed by atoms with van der Waals surface area (Å²) in [6, 6.07) is 10.3. The molecule has 2 unspecified atom stereocenters. The normalized spacial score (nSPS) is 12.6. The summed E-state index contributed by atoms with van der Waals surface area (Å²) in [5, 5.41) is 20.6. The summed E-state index contributed by atoms with van der Waals surface area (Å²) in [5.74, 6) is -1.53. The van der Waals surface area contributed by atoms with Crippen LogP contribution in [0.2, 0.25) is 0 Å². The molecular formula is C20H22N8O2. The van der Waals surface area contributed by atoms with Crippen molar-refractivity contribution < 1.29 is 9.59 Å². The molecule has 3 aromatic heterocycles. The molecule has 154 valence electrons. The number of hydrogen-bond donors (Lipinski definition) is 2. The number of aromatic nitrogens is 6. The van der Waals surface area contributed by atoms with Gasteiger partial charge in [0.2, 0.25) is 0 Å². The lowest BCUT2D eigenvalue weighted by molar-refractivity contribution is 0.0900. The Morgan fingerprint density at radius 2 is 1.13 bits per heavy atom. The van der Waals surface area contributed by atoms with E-state index in [2.05, 4.69) is 41.0 Å². The van der Waals surface area contributed by atoms with Crippen LogP contribution in [0.1, 0.15) is 71.4 Å². The monoisotopic (exact) mass is 406 g/mol. The van der Waals surface area contributed by atoms with E-state index in [1.54, 1.807) is 24.5 Å². The molecule has 0 aliphatic heterocycles. The maximum absolute atomic E-state index is 12.4. The third-order valence-corrected chi connectivity index (χ3v) is 4.40. The topological polar surface area (TPSA) is 136 Å². The molecule has 0 saturated carbocycles. The summed E-state index contributed by atoms with van der Waals surface area (Å²) in [5.41, 5.74) is 1.45. The fourth-order valence-electron chi connectivity index (χ4n) is 2.79. The van der Waals surface area contributed by atoms with E-state index in [0.717, 1.165) is 11.4 Å². The number of hydrogen-bond acceptors (Lipinski definition) is 8. The lowest BCUT2D eigenvalue weighted by atomic mass is 10.1. The number of nitrogens with zero attached hydrogens (tertiary/aromatic N) is 6. The molecule has 2 atom stereocenters. The Bertz CT molecular complexity index is 887. The van der Waals surface area contributed by atoms with Crippen LogP contribution in [-0.2, 0) is 0 Å². The number of carbonyl (C=O) groups excluding carboxylic acids is 2. The highest BCUT2D eigenvalue weighted by Gasteiger charge is 2.21. The van der Waals surface area contributed by atoms with Crippen LogP contribution in [0.3, 0.4) is 0 Å². The zero-order valence-corrected chi connectivity index (χ0v) is 16.7. The van der Waals surface area contributed by atoms with E-state index in [-0.39, 0.29) is 23.7 Å². The number of pyridine rings is 2. The van der Waals surface area contributed by atoms with Crippen molar-refractivity contribution in [3.05, 3.63) is 71.8 Å². The van der Waals surface area contributed by atoms with Gasteiger partial charge in [0.05, 0.1) is 23.5 Å². The summed E-state index contributed by atoms with van der Waals surface area (Å²) in [6.07, 6.45) is 4.59. The predicted molar refractivity (Wildman–Crippen MR) is 107 cm³/mol. The highest BCUT2D eigenvalue weighted by Crippen LogP contribution is 2.14. The van der Waals surface area contributed by atoms with Crippen LogP contribution in [-0.4, -0.2) is 42.2 Å². The Hall–Kier alpha value is -3.82. The van der Waals surface area contributed by atoms with E-state index in [9.17, 15) is 9.59 Å². The van der Waals surface area contributed by atoms with Crippen molar-refractivity contribution in [2.75, 3.05) is 0 Å². The van der Waals surface area contributed by atoms with Crippen LogP contribution in [0.25, 0.3) is 0 Å². The second kappa shape index (κ2) is 10.1. The Labute approximate surface area is 173 Å². The second-order valence-corrected chi connectivity index (χ2v) is 6.43. The first kappa shape index (κ1) is 20.9. The van der Waals surface area contributed by atoms with E-state index in [4.69, 9.17) is 0 Å². The van der Waals surface area contributed by atoms with Crippen molar-refractivity contribution in [2.45, 2.75) is 38.8 Å². The van der Waals surface area contributed by atoms with Crippen LogP contribution >= 0.6 is 0 Å². The summed E-state index contributed by atoms with van der Waals surface area (Å²) in [6.45, 7) is 3.85. The molecule has 2 N–H and O–H groups in total. The van der Waals surface area contributed by atoms with Gasteiger partial charge < -0.3 is 10.6 Å². The molecule has 3 rings (SSSR count). The summed E-state index contributed by atoms with van der Waals surface area (Å²) >= 11 is 0. The van der Waals surface area contributed by atoms with Gasteiger partial charge in [0.15, 0.2) is 0 Å².